The van der Waals surface area contributed by atoms with Crippen molar-refractivity contribution in [3.05, 3.63) is 34.7 Å². The lowest BCUT2D eigenvalue weighted by molar-refractivity contribution is 0.0787. The van der Waals surface area contributed by atoms with Crippen LogP contribution in [-0.4, -0.2) is 38.8 Å². The fourth-order valence-electron chi connectivity index (χ4n) is 2.85. The van der Waals surface area contributed by atoms with Gasteiger partial charge in [0.05, 0.1) is 11.7 Å². The number of pyridine rings is 2. The number of hydrogen-bond acceptors (Lipinski definition) is 3. The highest BCUT2D eigenvalue weighted by Crippen LogP contribution is 2.27. The Kier molecular flexibility index (Phi) is 2.92. The SMILES string of the molecule is O=C(c1cc2c(cn1)[nH]c1ncc(Br)cc12)N1CCCC1. The van der Waals surface area contributed by atoms with Crippen LogP contribution in [0.25, 0.3) is 21.9 Å². The largest absolute Gasteiger partial charge is 0.338 e. The van der Waals surface area contributed by atoms with Gasteiger partial charge in [0.15, 0.2) is 0 Å². The molecule has 1 aliphatic heterocycles. The highest BCUT2D eigenvalue weighted by atomic mass is 79.9. The molecule has 0 bridgehead atoms. The number of H-pyrrole nitrogens is 1. The van der Waals surface area contributed by atoms with Crippen LogP contribution in [0.15, 0.2) is 29.0 Å². The highest BCUT2D eigenvalue weighted by molar-refractivity contribution is 9.10. The maximum Gasteiger partial charge on any atom is 0.272 e. The molecule has 0 spiro atoms. The number of halogens is 1. The molecule has 0 aliphatic carbocycles. The Labute approximate surface area is 129 Å². The quantitative estimate of drug-likeness (QED) is 0.737. The van der Waals surface area contributed by atoms with Crippen molar-refractivity contribution >= 4 is 43.8 Å². The minimum absolute atomic E-state index is 0.0201. The first-order valence-electron chi connectivity index (χ1n) is 6.94. The number of amides is 1. The lowest BCUT2D eigenvalue weighted by atomic mass is 10.2. The number of nitrogens with one attached hydrogen (secondary N) is 1. The molecule has 0 saturated carbocycles. The molecule has 4 rings (SSSR count). The molecule has 1 amide bonds. The van der Waals surface area contributed by atoms with Gasteiger partial charge in [-0.05, 0) is 40.9 Å². The van der Waals surface area contributed by atoms with Gasteiger partial charge in [-0.25, -0.2) is 9.97 Å². The van der Waals surface area contributed by atoms with Crippen LogP contribution in [0, 0.1) is 0 Å². The first-order valence-corrected chi connectivity index (χ1v) is 7.74. The van der Waals surface area contributed by atoms with Crippen LogP contribution in [-0.2, 0) is 0 Å². The summed E-state index contributed by atoms with van der Waals surface area (Å²) in [6, 6.07) is 3.87. The average molecular weight is 345 g/mol. The van der Waals surface area contributed by atoms with Crippen LogP contribution in [0.4, 0.5) is 0 Å². The van der Waals surface area contributed by atoms with Crippen molar-refractivity contribution < 1.29 is 4.79 Å². The van der Waals surface area contributed by atoms with Crippen molar-refractivity contribution in [1.82, 2.24) is 19.9 Å². The van der Waals surface area contributed by atoms with E-state index in [2.05, 4.69) is 30.9 Å². The maximum atomic E-state index is 12.4. The van der Waals surface area contributed by atoms with Crippen LogP contribution < -0.4 is 0 Å². The Bertz CT molecular complexity index is 851. The number of hydrogen-bond donors (Lipinski definition) is 1. The van der Waals surface area contributed by atoms with Crippen molar-refractivity contribution in [1.29, 1.82) is 0 Å². The van der Waals surface area contributed by atoms with Crippen molar-refractivity contribution in [2.24, 2.45) is 0 Å². The molecule has 3 aromatic rings. The van der Waals surface area contributed by atoms with Crippen LogP contribution in [0.2, 0.25) is 0 Å². The van der Waals surface area contributed by atoms with Gasteiger partial charge in [-0.2, -0.15) is 0 Å². The van der Waals surface area contributed by atoms with E-state index in [0.29, 0.717) is 5.69 Å². The molecule has 0 unspecified atom stereocenters. The van der Waals surface area contributed by atoms with Gasteiger partial charge in [-0.3, -0.25) is 4.79 Å². The molecule has 3 aromatic heterocycles. The van der Waals surface area contributed by atoms with Gasteiger partial charge in [-0.15, -0.1) is 0 Å². The van der Waals surface area contributed by atoms with Gasteiger partial charge in [0.1, 0.15) is 11.3 Å². The lowest BCUT2D eigenvalue weighted by Crippen LogP contribution is -2.28. The zero-order valence-electron chi connectivity index (χ0n) is 11.3. The molecule has 0 radical (unpaired) electrons. The van der Waals surface area contributed by atoms with E-state index in [0.717, 1.165) is 52.3 Å². The van der Waals surface area contributed by atoms with E-state index < -0.39 is 0 Å². The predicted molar refractivity (Wildman–Crippen MR) is 84.2 cm³/mol. The van der Waals surface area contributed by atoms with Crippen molar-refractivity contribution in [2.45, 2.75) is 12.8 Å². The van der Waals surface area contributed by atoms with Crippen molar-refractivity contribution in [3.8, 4) is 0 Å². The number of nitrogens with zero attached hydrogens (tertiary/aromatic N) is 3. The van der Waals surface area contributed by atoms with Crippen molar-refractivity contribution in [2.75, 3.05) is 13.1 Å². The van der Waals surface area contributed by atoms with Gasteiger partial charge in [0.2, 0.25) is 0 Å². The van der Waals surface area contributed by atoms with E-state index in [1.54, 1.807) is 12.4 Å². The van der Waals surface area contributed by atoms with E-state index in [1.807, 2.05) is 17.0 Å². The summed E-state index contributed by atoms with van der Waals surface area (Å²) >= 11 is 3.44. The highest BCUT2D eigenvalue weighted by Gasteiger charge is 2.21. The molecule has 21 heavy (non-hydrogen) atoms. The number of aromatic nitrogens is 3. The minimum atomic E-state index is 0.0201. The summed E-state index contributed by atoms with van der Waals surface area (Å²) in [6.45, 7) is 1.67. The molecule has 106 valence electrons. The van der Waals surface area contributed by atoms with Gasteiger partial charge >= 0.3 is 0 Å². The van der Waals surface area contributed by atoms with E-state index in [9.17, 15) is 4.79 Å². The molecule has 1 aliphatic rings. The first-order chi connectivity index (χ1) is 10.2. The number of carbonyl (C=O) groups excluding carboxylic acids is 1. The second-order valence-corrected chi connectivity index (χ2v) is 6.20. The van der Waals surface area contributed by atoms with E-state index in [4.69, 9.17) is 0 Å². The summed E-state index contributed by atoms with van der Waals surface area (Å²) in [4.78, 5) is 26.2. The van der Waals surface area contributed by atoms with Gasteiger partial charge in [-0.1, -0.05) is 0 Å². The molecule has 0 aromatic carbocycles. The predicted octanol–water partition coefficient (Wildman–Crippen LogP) is 3.11. The number of carbonyl (C=O) groups is 1. The smallest absolute Gasteiger partial charge is 0.272 e. The van der Waals surface area contributed by atoms with E-state index in [1.165, 1.54) is 0 Å². The Hall–Kier alpha value is -1.95. The second-order valence-electron chi connectivity index (χ2n) is 5.29. The Balaban J connectivity index is 1.86. The molecule has 0 atom stereocenters. The summed E-state index contributed by atoms with van der Waals surface area (Å²) in [5, 5.41) is 1.98. The normalized spacial score (nSPS) is 15.2. The lowest BCUT2D eigenvalue weighted by Gasteiger charge is -2.14. The van der Waals surface area contributed by atoms with Crippen LogP contribution in [0.3, 0.4) is 0 Å². The van der Waals surface area contributed by atoms with Crippen molar-refractivity contribution in [3.63, 3.8) is 0 Å². The fraction of sp³-hybridized carbons (Fsp3) is 0.267. The monoisotopic (exact) mass is 344 g/mol. The Morgan fingerprint density at radius 1 is 1.14 bits per heavy atom. The summed E-state index contributed by atoms with van der Waals surface area (Å²) in [7, 11) is 0. The summed E-state index contributed by atoms with van der Waals surface area (Å²) < 4.78 is 0.917. The fourth-order valence-corrected chi connectivity index (χ4v) is 3.18. The third kappa shape index (κ3) is 2.10. The van der Waals surface area contributed by atoms with E-state index >= 15 is 0 Å². The maximum absolute atomic E-state index is 12.4. The molecule has 1 fully saturated rings. The molecular weight excluding hydrogens is 332 g/mol. The molecular formula is C15H13BrN4O. The van der Waals surface area contributed by atoms with Gasteiger partial charge in [0, 0.05) is 34.5 Å². The zero-order valence-corrected chi connectivity index (χ0v) is 12.9. The number of rotatable bonds is 1. The molecule has 4 heterocycles. The third-order valence-electron chi connectivity index (χ3n) is 3.91. The van der Waals surface area contributed by atoms with Crippen LogP contribution in [0.1, 0.15) is 23.3 Å². The number of fused-ring (bicyclic) bond motifs is 3. The average Bonchev–Trinajstić information content (AvgIpc) is 3.13. The topological polar surface area (TPSA) is 61.9 Å². The first kappa shape index (κ1) is 12.8. The summed E-state index contributed by atoms with van der Waals surface area (Å²) in [6.07, 6.45) is 5.63. The van der Waals surface area contributed by atoms with Gasteiger partial charge in [0.25, 0.3) is 5.91 Å². The Morgan fingerprint density at radius 2 is 1.95 bits per heavy atom. The standard InChI is InChI=1S/C15H13BrN4O/c16-9-5-11-10-6-12(15(21)20-3-1-2-4-20)17-8-13(10)19-14(11)18-7-9/h5-8H,1-4H2,(H,18,19). The molecule has 1 saturated heterocycles. The van der Waals surface area contributed by atoms with Gasteiger partial charge < -0.3 is 9.88 Å². The zero-order chi connectivity index (χ0) is 14.4. The molecule has 1 N–H and O–H groups in total. The second kappa shape index (κ2) is 4.80. The summed E-state index contributed by atoms with van der Waals surface area (Å²) in [5.74, 6) is 0.0201. The molecule has 6 heteroatoms. The van der Waals surface area contributed by atoms with Crippen LogP contribution >= 0.6 is 15.9 Å². The third-order valence-corrected chi connectivity index (χ3v) is 4.35. The Morgan fingerprint density at radius 3 is 2.76 bits per heavy atom. The van der Waals surface area contributed by atoms with Crippen LogP contribution in [0.5, 0.6) is 0 Å². The number of aromatic amines is 1. The number of likely N-dealkylation sites (tertiary alicyclic amines) is 1. The summed E-state index contributed by atoms with van der Waals surface area (Å²) in [5.41, 5.74) is 2.21. The molecule has 5 nitrogen and oxygen atoms in total. The van der Waals surface area contributed by atoms with E-state index in [-0.39, 0.29) is 5.91 Å². The minimum Gasteiger partial charge on any atom is -0.338 e.